The monoisotopic (exact) mass is 426 g/mol. The predicted octanol–water partition coefficient (Wildman–Crippen LogP) is 2.96. The van der Waals surface area contributed by atoms with Gasteiger partial charge in [-0.25, -0.2) is 9.59 Å². The van der Waals surface area contributed by atoms with Crippen molar-refractivity contribution < 1.29 is 33.7 Å². The van der Waals surface area contributed by atoms with E-state index in [1.54, 1.807) is 48.5 Å². The number of esters is 2. The molecule has 7 nitrogen and oxygen atoms in total. The Kier molecular flexibility index (Phi) is 10.1. The van der Waals surface area contributed by atoms with Crippen molar-refractivity contribution in [3.8, 4) is 0 Å². The maximum absolute atomic E-state index is 12.7. The lowest BCUT2D eigenvalue weighted by Crippen LogP contribution is -2.24. The molecule has 0 aliphatic carbocycles. The Morgan fingerprint density at radius 1 is 0.871 bits per heavy atom. The molecule has 0 saturated heterocycles. The van der Waals surface area contributed by atoms with Crippen LogP contribution in [0.5, 0.6) is 0 Å². The molecule has 0 aliphatic heterocycles. The van der Waals surface area contributed by atoms with Crippen LogP contribution >= 0.6 is 0 Å². The molecule has 1 N–H and O–H groups in total. The van der Waals surface area contributed by atoms with Crippen molar-refractivity contribution in [2.75, 3.05) is 26.4 Å². The van der Waals surface area contributed by atoms with Gasteiger partial charge in [0, 0.05) is 23.8 Å². The highest BCUT2D eigenvalue weighted by atomic mass is 16.5. The average Bonchev–Trinajstić information content (AvgIpc) is 2.81. The molecule has 0 radical (unpaired) electrons. The number of unbranched alkanes of at least 4 members (excludes halogenated alkanes) is 1. The number of hydrogen-bond donors (Lipinski definition) is 1. The number of ketones is 1. The van der Waals surface area contributed by atoms with E-state index in [4.69, 9.17) is 14.2 Å². The maximum atomic E-state index is 12.7. The number of rotatable bonds is 13. The Morgan fingerprint density at radius 2 is 1.52 bits per heavy atom. The van der Waals surface area contributed by atoms with Crippen LogP contribution in [-0.2, 0) is 19.0 Å². The van der Waals surface area contributed by atoms with E-state index in [1.807, 2.05) is 0 Å². The second-order valence-electron chi connectivity index (χ2n) is 6.65. The zero-order chi connectivity index (χ0) is 22.5. The van der Waals surface area contributed by atoms with E-state index in [2.05, 4.69) is 6.58 Å². The third-order valence-electron chi connectivity index (χ3n) is 4.24. The number of benzene rings is 2. The zero-order valence-corrected chi connectivity index (χ0v) is 17.2. The van der Waals surface area contributed by atoms with E-state index in [1.165, 1.54) is 6.07 Å². The Morgan fingerprint density at radius 3 is 2.23 bits per heavy atom. The van der Waals surface area contributed by atoms with Crippen molar-refractivity contribution in [2.45, 2.75) is 18.9 Å². The highest BCUT2D eigenvalue weighted by molar-refractivity contribution is 6.14. The quantitative estimate of drug-likeness (QED) is 0.227. The SMILES string of the molecule is C=CC(=O)OCCCCOCC(O)COC(=O)c1ccccc1C(=O)c1ccccc1. The minimum atomic E-state index is -1.00. The van der Waals surface area contributed by atoms with Crippen LogP contribution in [0.4, 0.5) is 0 Å². The van der Waals surface area contributed by atoms with E-state index in [0.717, 1.165) is 6.08 Å². The summed E-state index contributed by atoms with van der Waals surface area (Å²) in [6.07, 6.45) is 1.37. The summed E-state index contributed by atoms with van der Waals surface area (Å²) in [7, 11) is 0. The van der Waals surface area contributed by atoms with Crippen LogP contribution < -0.4 is 0 Å². The van der Waals surface area contributed by atoms with E-state index in [-0.39, 0.29) is 36.7 Å². The summed E-state index contributed by atoms with van der Waals surface area (Å²) in [5.41, 5.74) is 0.843. The molecule has 0 saturated carbocycles. The third-order valence-corrected chi connectivity index (χ3v) is 4.24. The fourth-order valence-corrected chi connectivity index (χ4v) is 2.66. The number of aliphatic hydroxyl groups is 1. The van der Waals surface area contributed by atoms with Gasteiger partial charge in [-0.2, -0.15) is 0 Å². The van der Waals surface area contributed by atoms with E-state index in [0.29, 0.717) is 25.0 Å². The number of carbonyl (C=O) groups is 3. The average molecular weight is 426 g/mol. The van der Waals surface area contributed by atoms with Gasteiger partial charge in [0.05, 0.1) is 18.8 Å². The second kappa shape index (κ2) is 13.1. The van der Waals surface area contributed by atoms with Crippen molar-refractivity contribution in [1.29, 1.82) is 0 Å². The normalized spacial score (nSPS) is 11.4. The molecule has 0 amide bonds. The van der Waals surface area contributed by atoms with Crippen LogP contribution in [0.15, 0.2) is 67.3 Å². The van der Waals surface area contributed by atoms with Gasteiger partial charge in [0.15, 0.2) is 5.78 Å². The van der Waals surface area contributed by atoms with Gasteiger partial charge in [-0.1, -0.05) is 55.1 Å². The number of aliphatic hydroxyl groups excluding tert-OH is 1. The van der Waals surface area contributed by atoms with Gasteiger partial charge in [-0.3, -0.25) is 4.79 Å². The Bertz CT molecular complexity index is 877. The van der Waals surface area contributed by atoms with Gasteiger partial charge in [0.2, 0.25) is 0 Å². The smallest absolute Gasteiger partial charge is 0.338 e. The van der Waals surface area contributed by atoms with E-state index >= 15 is 0 Å². The summed E-state index contributed by atoms with van der Waals surface area (Å²) >= 11 is 0. The largest absolute Gasteiger partial charge is 0.463 e. The fourth-order valence-electron chi connectivity index (χ4n) is 2.66. The molecule has 2 rings (SSSR count). The molecule has 0 spiro atoms. The van der Waals surface area contributed by atoms with Gasteiger partial charge >= 0.3 is 11.9 Å². The van der Waals surface area contributed by atoms with Gasteiger partial charge in [0.1, 0.15) is 12.7 Å². The summed E-state index contributed by atoms with van der Waals surface area (Å²) in [5.74, 6) is -1.44. The van der Waals surface area contributed by atoms with Gasteiger partial charge < -0.3 is 19.3 Å². The molecule has 164 valence electrons. The lowest BCUT2D eigenvalue weighted by atomic mass is 9.98. The van der Waals surface area contributed by atoms with Crippen LogP contribution in [0.25, 0.3) is 0 Å². The molecular weight excluding hydrogens is 400 g/mol. The minimum absolute atomic E-state index is 0.00960. The summed E-state index contributed by atoms with van der Waals surface area (Å²) < 4.78 is 15.3. The van der Waals surface area contributed by atoms with E-state index < -0.39 is 18.0 Å². The molecule has 2 aromatic carbocycles. The molecule has 31 heavy (non-hydrogen) atoms. The molecule has 1 unspecified atom stereocenters. The molecular formula is C24H26O7. The highest BCUT2D eigenvalue weighted by Crippen LogP contribution is 2.16. The Balaban J connectivity index is 1.75. The molecule has 0 fully saturated rings. The lowest BCUT2D eigenvalue weighted by Gasteiger charge is -2.13. The molecule has 2 aromatic rings. The minimum Gasteiger partial charge on any atom is -0.463 e. The molecule has 0 bridgehead atoms. The number of hydrogen-bond acceptors (Lipinski definition) is 7. The first-order valence-electron chi connectivity index (χ1n) is 9.93. The van der Waals surface area contributed by atoms with Crippen molar-refractivity contribution in [3.63, 3.8) is 0 Å². The van der Waals surface area contributed by atoms with Crippen LogP contribution in [0.1, 0.15) is 39.1 Å². The second-order valence-corrected chi connectivity index (χ2v) is 6.65. The molecule has 0 aliphatic rings. The first-order chi connectivity index (χ1) is 15.0. The van der Waals surface area contributed by atoms with Crippen molar-refractivity contribution >= 4 is 17.7 Å². The van der Waals surface area contributed by atoms with Crippen molar-refractivity contribution in [2.24, 2.45) is 0 Å². The Hall–Kier alpha value is -3.29. The van der Waals surface area contributed by atoms with E-state index in [9.17, 15) is 19.5 Å². The van der Waals surface area contributed by atoms with Crippen LogP contribution in [0, 0.1) is 0 Å². The fraction of sp³-hybridized carbons (Fsp3) is 0.292. The first-order valence-corrected chi connectivity index (χ1v) is 9.93. The lowest BCUT2D eigenvalue weighted by molar-refractivity contribution is -0.137. The molecule has 1 atom stereocenters. The zero-order valence-electron chi connectivity index (χ0n) is 17.2. The van der Waals surface area contributed by atoms with Crippen molar-refractivity contribution in [3.05, 3.63) is 83.9 Å². The standard InChI is InChI=1S/C24H26O7/c1-2-22(26)30-15-9-8-14-29-16-19(25)17-31-24(28)21-13-7-6-12-20(21)23(27)18-10-4-3-5-11-18/h2-7,10-13,19,25H,1,8-9,14-17H2. The third kappa shape index (κ3) is 8.16. The van der Waals surface area contributed by atoms with Gasteiger partial charge in [-0.15, -0.1) is 0 Å². The summed E-state index contributed by atoms with van der Waals surface area (Å²) in [6, 6.07) is 15.1. The van der Waals surface area contributed by atoms with Crippen LogP contribution in [0.2, 0.25) is 0 Å². The summed E-state index contributed by atoms with van der Waals surface area (Å²) in [4.78, 5) is 36.0. The van der Waals surface area contributed by atoms with Crippen molar-refractivity contribution in [1.82, 2.24) is 0 Å². The van der Waals surface area contributed by atoms with Gasteiger partial charge in [-0.05, 0) is 18.9 Å². The van der Waals surface area contributed by atoms with Crippen LogP contribution in [0.3, 0.4) is 0 Å². The summed E-state index contributed by atoms with van der Waals surface area (Å²) in [6.45, 7) is 3.67. The first kappa shape index (κ1) is 24.0. The highest BCUT2D eigenvalue weighted by Gasteiger charge is 2.19. The number of carbonyl (C=O) groups excluding carboxylic acids is 3. The molecule has 0 heterocycles. The molecule has 7 heteroatoms. The molecule has 0 aromatic heterocycles. The van der Waals surface area contributed by atoms with Gasteiger partial charge in [0.25, 0.3) is 0 Å². The Labute approximate surface area is 181 Å². The predicted molar refractivity (Wildman–Crippen MR) is 114 cm³/mol. The topological polar surface area (TPSA) is 99.1 Å². The summed E-state index contributed by atoms with van der Waals surface area (Å²) in [5, 5.41) is 9.96. The number of ether oxygens (including phenoxy) is 3. The maximum Gasteiger partial charge on any atom is 0.338 e. The van der Waals surface area contributed by atoms with Crippen LogP contribution in [-0.4, -0.2) is 55.4 Å².